The van der Waals surface area contributed by atoms with Crippen molar-refractivity contribution in [2.75, 3.05) is 7.05 Å². The van der Waals surface area contributed by atoms with Gasteiger partial charge in [0.05, 0.1) is 6.10 Å². The first-order chi connectivity index (χ1) is 6.04. The van der Waals surface area contributed by atoms with E-state index in [-0.39, 0.29) is 6.10 Å². The Morgan fingerprint density at radius 1 is 1.23 bits per heavy atom. The fraction of sp³-hybridized carbons (Fsp3) is 0.818. The SMILES string of the molecule is C=C[C@H](C(C)ONC)[C@@H](C)C(C)C. The minimum atomic E-state index is 0.180. The second-order valence-electron chi connectivity index (χ2n) is 3.94. The molecule has 0 bridgehead atoms. The van der Waals surface area contributed by atoms with Gasteiger partial charge in [-0.05, 0) is 18.8 Å². The molecule has 0 aliphatic rings. The summed E-state index contributed by atoms with van der Waals surface area (Å²) in [6.07, 6.45) is 2.17. The number of rotatable bonds is 6. The van der Waals surface area contributed by atoms with Gasteiger partial charge >= 0.3 is 0 Å². The molecule has 0 radical (unpaired) electrons. The van der Waals surface area contributed by atoms with Gasteiger partial charge in [0.25, 0.3) is 0 Å². The van der Waals surface area contributed by atoms with E-state index in [0.29, 0.717) is 17.8 Å². The maximum absolute atomic E-state index is 5.34. The highest BCUT2D eigenvalue weighted by Gasteiger charge is 2.23. The summed E-state index contributed by atoms with van der Waals surface area (Å²) < 4.78 is 0. The van der Waals surface area contributed by atoms with Crippen LogP contribution in [0.3, 0.4) is 0 Å². The van der Waals surface area contributed by atoms with E-state index in [1.807, 2.05) is 6.08 Å². The monoisotopic (exact) mass is 185 g/mol. The fourth-order valence-electron chi connectivity index (χ4n) is 1.54. The zero-order valence-corrected chi connectivity index (χ0v) is 9.50. The van der Waals surface area contributed by atoms with Crippen LogP contribution in [0.2, 0.25) is 0 Å². The van der Waals surface area contributed by atoms with Crippen LogP contribution < -0.4 is 5.48 Å². The zero-order chi connectivity index (χ0) is 10.4. The van der Waals surface area contributed by atoms with Gasteiger partial charge in [-0.25, -0.2) is 5.48 Å². The average molecular weight is 185 g/mol. The molecule has 13 heavy (non-hydrogen) atoms. The van der Waals surface area contributed by atoms with E-state index in [0.717, 1.165) is 0 Å². The molecule has 0 aromatic rings. The first kappa shape index (κ1) is 12.7. The molecule has 2 heteroatoms. The number of hydroxylamine groups is 1. The lowest BCUT2D eigenvalue weighted by Crippen LogP contribution is -2.31. The third-order valence-corrected chi connectivity index (χ3v) is 2.78. The Bertz CT molecular complexity index is 145. The van der Waals surface area contributed by atoms with Gasteiger partial charge in [-0.3, -0.25) is 4.84 Å². The molecule has 1 N–H and O–H groups in total. The quantitative estimate of drug-likeness (QED) is 0.507. The minimum absolute atomic E-state index is 0.180. The lowest BCUT2D eigenvalue weighted by molar-refractivity contribution is -0.0378. The lowest BCUT2D eigenvalue weighted by atomic mass is 9.82. The number of hydrogen-bond acceptors (Lipinski definition) is 2. The van der Waals surface area contributed by atoms with E-state index in [1.54, 1.807) is 7.05 Å². The van der Waals surface area contributed by atoms with Gasteiger partial charge in [-0.2, -0.15) is 0 Å². The molecule has 0 saturated heterocycles. The van der Waals surface area contributed by atoms with Crippen LogP contribution in [0.15, 0.2) is 12.7 Å². The molecule has 78 valence electrons. The Labute approximate surface area is 82.3 Å². The molecular formula is C11H23NO. The van der Waals surface area contributed by atoms with Crippen molar-refractivity contribution in [3.63, 3.8) is 0 Å². The fourth-order valence-corrected chi connectivity index (χ4v) is 1.54. The molecule has 0 amide bonds. The highest BCUT2D eigenvalue weighted by Crippen LogP contribution is 2.25. The Kier molecular flexibility index (Phi) is 6.00. The maximum Gasteiger partial charge on any atom is 0.0827 e. The van der Waals surface area contributed by atoms with Crippen LogP contribution in [-0.2, 0) is 4.84 Å². The van der Waals surface area contributed by atoms with Crippen molar-refractivity contribution in [3.05, 3.63) is 12.7 Å². The summed E-state index contributed by atoms with van der Waals surface area (Å²) in [4.78, 5) is 5.34. The Morgan fingerprint density at radius 2 is 1.77 bits per heavy atom. The van der Waals surface area contributed by atoms with E-state index in [4.69, 9.17) is 4.84 Å². The molecule has 0 aliphatic carbocycles. The van der Waals surface area contributed by atoms with Gasteiger partial charge in [0, 0.05) is 13.0 Å². The second kappa shape index (κ2) is 6.17. The van der Waals surface area contributed by atoms with Gasteiger partial charge < -0.3 is 0 Å². The van der Waals surface area contributed by atoms with Crippen LogP contribution in [0, 0.1) is 17.8 Å². The van der Waals surface area contributed by atoms with Crippen molar-refractivity contribution in [2.45, 2.75) is 33.8 Å². The Balaban J connectivity index is 4.22. The Hall–Kier alpha value is -0.340. The molecule has 0 fully saturated rings. The molecular weight excluding hydrogens is 162 g/mol. The van der Waals surface area contributed by atoms with E-state index in [1.165, 1.54) is 0 Å². The van der Waals surface area contributed by atoms with Crippen molar-refractivity contribution in [3.8, 4) is 0 Å². The standard InChI is InChI=1S/C11H23NO/c1-7-11(9(4)8(2)3)10(5)13-12-6/h7-12H,1H2,2-6H3/t9-,10?,11-/m0/s1. The van der Waals surface area contributed by atoms with Crippen molar-refractivity contribution < 1.29 is 4.84 Å². The summed E-state index contributed by atoms with van der Waals surface area (Å²) in [6, 6.07) is 0. The summed E-state index contributed by atoms with van der Waals surface area (Å²) in [6.45, 7) is 12.6. The third-order valence-electron chi connectivity index (χ3n) is 2.78. The van der Waals surface area contributed by atoms with Gasteiger partial charge in [-0.15, -0.1) is 6.58 Å². The smallest absolute Gasteiger partial charge is 0.0827 e. The van der Waals surface area contributed by atoms with Gasteiger partial charge in [0.2, 0.25) is 0 Å². The van der Waals surface area contributed by atoms with Crippen LogP contribution in [0.25, 0.3) is 0 Å². The van der Waals surface area contributed by atoms with Gasteiger partial charge in [0.1, 0.15) is 0 Å². The zero-order valence-electron chi connectivity index (χ0n) is 9.50. The molecule has 1 unspecified atom stereocenters. The third kappa shape index (κ3) is 3.92. The average Bonchev–Trinajstić information content (AvgIpc) is 2.05. The van der Waals surface area contributed by atoms with E-state index in [9.17, 15) is 0 Å². The maximum atomic E-state index is 5.34. The van der Waals surface area contributed by atoms with E-state index < -0.39 is 0 Å². The van der Waals surface area contributed by atoms with Crippen LogP contribution in [0.1, 0.15) is 27.7 Å². The van der Waals surface area contributed by atoms with Crippen LogP contribution in [0.4, 0.5) is 0 Å². The van der Waals surface area contributed by atoms with E-state index in [2.05, 4.69) is 39.8 Å². The summed E-state index contributed by atoms with van der Waals surface area (Å²) >= 11 is 0. The summed E-state index contributed by atoms with van der Waals surface area (Å²) in [5.41, 5.74) is 2.73. The predicted octanol–water partition coefficient (Wildman–Crippen LogP) is 2.62. The molecule has 0 saturated carbocycles. The summed E-state index contributed by atoms with van der Waals surface area (Å²) in [7, 11) is 1.79. The first-order valence-electron chi connectivity index (χ1n) is 4.99. The topological polar surface area (TPSA) is 21.3 Å². The summed E-state index contributed by atoms with van der Waals surface area (Å²) in [5.74, 6) is 1.67. The molecule has 0 spiro atoms. The predicted molar refractivity (Wildman–Crippen MR) is 57.3 cm³/mol. The summed E-state index contributed by atoms with van der Waals surface area (Å²) in [5, 5.41) is 0. The highest BCUT2D eigenvalue weighted by molar-refractivity contribution is 4.88. The van der Waals surface area contributed by atoms with Crippen molar-refractivity contribution in [2.24, 2.45) is 17.8 Å². The molecule has 0 heterocycles. The normalized spacial score (nSPS) is 18.3. The molecule has 0 rings (SSSR count). The van der Waals surface area contributed by atoms with Crippen LogP contribution >= 0.6 is 0 Å². The van der Waals surface area contributed by atoms with Gasteiger partial charge in [0.15, 0.2) is 0 Å². The lowest BCUT2D eigenvalue weighted by Gasteiger charge is -2.28. The minimum Gasteiger partial charge on any atom is -0.298 e. The molecule has 3 atom stereocenters. The number of nitrogens with one attached hydrogen (secondary N) is 1. The van der Waals surface area contributed by atoms with Crippen LogP contribution in [-0.4, -0.2) is 13.2 Å². The van der Waals surface area contributed by atoms with Crippen molar-refractivity contribution >= 4 is 0 Å². The Morgan fingerprint density at radius 3 is 2.08 bits per heavy atom. The molecule has 0 aromatic heterocycles. The van der Waals surface area contributed by atoms with Crippen molar-refractivity contribution in [1.82, 2.24) is 5.48 Å². The second-order valence-corrected chi connectivity index (χ2v) is 3.94. The molecule has 2 nitrogen and oxygen atoms in total. The first-order valence-corrected chi connectivity index (χ1v) is 4.99. The van der Waals surface area contributed by atoms with E-state index >= 15 is 0 Å². The molecule has 0 aliphatic heterocycles. The van der Waals surface area contributed by atoms with Crippen molar-refractivity contribution in [1.29, 1.82) is 0 Å². The van der Waals surface area contributed by atoms with Gasteiger partial charge in [-0.1, -0.05) is 26.8 Å². The number of hydrogen-bond donors (Lipinski definition) is 1. The largest absolute Gasteiger partial charge is 0.298 e. The highest BCUT2D eigenvalue weighted by atomic mass is 16.7. The molecule has 0 aromatic carbocycles. The van der Waals surface area contributed by atoms with Crippen LogP contribution in [0.5, 0.6) is 0 Å².